The van der Waals surface area contributed by atoms with Gasteiger partial charge in [0.2, 0.25) is 0 Å². The topological polar surface area (TPSA) is 43.6 Å². The summed E-state index contributed by atoms with van der Waals surface area (Å²) in [4.78, 5) is 4.35. The zero-order valence-corrected chi connectivity index (χ0v) is 14.6. The van der Waals surface area contributed by atoms with Crippen LogP contribution in [0.2, 0.25) is 0 Å². The first kappa shape index (κ1) is 16.5. The van der Waals surface area contributed by atoms with E-state index < -0.39 is 0 Å². The number of hydrogen-bond acceptors (Lipinski definition) is 4. The number of rotatable bonds is 5. The second-order valence-corrected chi connectivity index (χ2v) is 6.54. The van der Waals surface area contributed by atoms with Crippen molar-refractivity contribution in [1.82, 2.24) is 19.7 Å². The molecule has 0 amide bonds. The van der Waals surface area contributed by atoms with Crippen molar-refractivity contribution in [3.63, 3.8) is 0 Å². The van der Waals surface area contributed by atoms with E-state index >= 15 is 0 Å². The summed E-state index contributed by atoms with van der Waals surface area (Å²) < 4.78 is 15.3. The van der Waals surface area contributed by atoms with Gasteiger partial charge in [0.15, 0.2) is 11.0 Å². The van der Waals surface area contributed by atoms with Crippen LogP contribution >= 0.6 is 11.8 Å². The molecule has 0 aliphatic rings. The Balaban J connectivity index is 1.73. The van der Waals surface area contributed by atoms with Gasteiger partial charge in [0.25, 0.3) is 0 Å². The number of pyridine rings is 1. The van der Waals surface area contributed by atoms with E-state index in [0.29, 0.717) is 11.6 Å². The standard InChI is InChI=1S/C20H15FN4S/c21-16-11-9-15(10-12-16)19-23-24-20(25(19)18-7-2-1-3-8-18)26-14-17-6-4-5-13-22-17/h1-13H,14H2. The Kier molecular flexibility index (Phi) is 4.75. The molecule has 0 fully saturated rings. The Bertz CT molecular complexity index is 986. The first-order valence-corrected chi connectivity index (χ1v) is 9.09. The number of halogens is 1. The summed E-state index contributed by atoms with van der Waals surface area (Å²) in [6, 6.07) is 22.0. The molecule has 2 aromatic heterocycles. The lowest BCUT2D eigenvalue weighted by molar-refractivity contribution is 0.628. The molecule has 4 rings (SSSR count). The van der Waals surface area contributed by atoms with Gasteiger partial charge in [0, 0.05) is 23.2 Å². The summed E-state index contributed by atoms with van der Waals surface area (Å²) in [5, 5.41) is 9.48. The molecule has 0 aliphatic heterocycles. The molecule has 0 N–H and O–H groups in total. The van der Waals surface area contributed by atoms with Gasteiger partial charge in [0.1, 0.15) is 5.82 Å². The van der Waals surface area contributed by atoms with Crippen LogP contribution in [0, 0.1) is 5.82 Å². The average molecular weight is 362 g/mol. The van der Waals surface area contributed by atoms with Crippen LogP contribution in [-0.4, -0.2) is 19.7 Å². The third-order valence-electron chi connectivity index (χ3n) is 3.83. The molecule has 4 nitrogen and oxygen atoms in total. The summed E-state index contributed by atoms with van der Waals surface area (Å²) in [7, 11) is 0. The van der Waals surface area contributed by atoms with Crippen molar-refractivity contribution >= 4 is 11.8 Å². The Morgan fingerprint density at radius 3 is 2.35 bits per heavy atom. The van der Waals surface area contributed by atoms with E-state index in [-0.39, 0.29) is 5.82 Å². The molecule has 0 spiro atoms. The van der Waals surface area contributed by atoms with Gasteiger partial charge in [-0.25, -0.2) is 4.39 Å². The number of thioether (sulfide) groups is 1. The number of aromatic nitrogens is 4. The highest BCUT2D eigenvalue weighted by atomic mass is 32.2. The highest BCUT2D eigenvalue weighted by Gasteiger charge is 2.16. The lowest BCUT2D eigenvalue weighted by Gasteiger charge is -2.10. The SMILES string of the molecule is Fc1ccc(-c2nnc(SCc3ccccn3)n2-c2ccccc2)cc1. The van der Waals surface area contributed by atoms with Gasteiger partial charge in [-0.05, 0) is 48.5 Å². The predicted molar refractivity (Wildman–Crippen MR) is 101 cm³/mol. The highest BCUT2D eigenvalue weighted by molar-refractivity contribution is 7.98. The minimum Gasteiger partial charge on any atom is -0.270 e. The van der Waals surface area contributed by atoms with Gasteiger partial charge in [-0.15, -0.1) is 10.2 Å². The first-order valence-electron chi connectivity index (χ1n) is 8.11. The monoisotopic (exact) mass is 362 g/mol. The lowest BCUT2D eigenvalue weighted by atomic mass is 10.2. The fourth-order valence-electron chi connectivity index (χ4n) is 2.58. The Labute approximate surface area is 154 Å². The van der Waals surface area contributed by atoms with E-state index in [1.54, 1.807) is 30.1 Å². The van der Waals surface area contributed by atoms with Crippen LogP contribution in [0.5, 0.6) is 0 Å². The van der Waals surface area contributed by atoms with Gasteiger partial charge in [-0.2, -0.15) is 0 Å². The number of benzene rings is 2. The van der Waals surface area contributed by atoms with E-state index in [0.717, 1.165) is 22.1 Å². The molecule has 26 heavy (non-hydrogen) atoms. The Morgan fingerprint density at radius 1 is 0.846 bits per heavy atom. The fraction of sp³-hybridized carbons (Fsp3) is 0.0500. The molecular formula is C20H15FN4S. The van der Waals surface area contributed by atoms with Crippen LogP contribution in [-0.2, 0) is 5.75 Å². The summed E-state index contributed by atoms with van der Waals surface area (Å²) in [5.41, 5.74) is 2.75. The fourth-order valence-corrected chi connectivity index (χ4v) is 3.45. The van der Waals surface area contributed by atoms with Gasteiger partial charge < -0.3 is 0 Å². The molecule has 4 aromatic rings. The van der Waals surface area contributed by atoms with Crippen LogP contribution in [0.15, 0.2) is 84.1 Å². The van der Waals surface area contributed by atoms with Crippen LogP contribution in [0.4, 0.5) is 4.39 Å². The van der Waals surface area contributed by atoms with E-state index in [9.17, 15) is 4.39 Å². The summed E-state index contributed by atoms with van der Waals surface area (Å²) >= 11 is 1.57. The van der Waals surface area contributed by atoms with Crippen molar-refractivity contribution in [2.45, 2.75) is 10.9 Å². The second-order valence-electron chi connectivity index (χ2n) is 5.59. The first-order chi connectivity index (χ1) is 12.8. The van der Waals surface area contributed by atoms with Crippen LogP contribution < -0.4 is 0 Å². The van der Waals surface area contributed by atoms with E-state index in [4.69, 9.17) is 0 Å². The van der Waals surface area contributed by atoms with E-state index in [1.165, 1.54) is 12.1 Å². The third-order valence-corrected chi connectivity index (χ3v) is 4.79. The second kappa shape index (κ2) is 7.49. The van der Waals surface area contributed by atoms with E-state index in [1.807, 2.05) is 53.1 Å². The van der Waals surface area contributed by atoms with Crippen molar-refractivity contribution in [3.05, 3.63) is 90.5 Å². The van der Waals surface area contributed by atoms with Crippen molar-refractivity contribution < 1.29 is 4.39 Å². The predicted octanol–water partition coefficient (Wildman–Crippen LogP) is 4.76. The molecular weight excluding hydrogens is 347 g/mol. The zero-order valence-electron chi connectivity index (χ0n) is 13.8. The molecule has 128 valence electrons. The van der Waals surface area contributed by atoms with Crippen molar-refractivity contribution in [2.24, 2.45) is 0 Å². The maximum atomic E-state index is 13.3. The normalized spacial score (nSPS) is 10.8. The van der Waals surface area contributed by atoms with Crippen LogP contribution in [0.1, 0.15) is 5.69 Å². The minimum atomic E-state index is -0.274. The molecule has 0 radical (unpaired) electrons. The van der Waals surface area contributed by atoms with Gasteiger partial charge in [0.05, 0.1) is 5.69 Å². The van der Waals surface area contributed by atoms with Gasteiger partial charge >= 0.3 is 0 Å². The highest BCUT2D eigenvalue weighted by Crippen LogP contribution is 2.29. The maximum Gasteiger partial charge on any atom is 0.196 e. The molecule has 0 atom stereocenters. The smallest absolute Gasteiger partial charge is 0.196 e. The Morgan fingerprint density at radius 2 is 1.62 bits per heavy atom. The summed E-state index contributed by atoms with van der Waals surface area (Å²) in [5.74, 6) is 1.10. The quantitative estimate of drug-likeness (QED) is 0.480. The van der Waals surface area contributed by atoms with Crippen molar-refractivity contribution in [2.75, 3.05) is 0 Å². The largest absolute Gasteiger partial charge is 0.270 e. The number of para-hydroxylation sites is 1. The summed E-state index contributed by atoms with van der Waals surface area (Å²) in [6.45, 7) is 0. The number of hydrogen-bond donors (Lipinski definition) is 0. The summed E-state index contributed by atoms with van der Waals surface area (Å²) in [6.07, 6.45) is 1.78. The molecule has 0 unspecified atom stereocenters. The number of nitrogens with zero attached hydrogens (tertiary/aromatic N) is 4. The molecule has 0 saturated heterocycles. The minimum absolute atomic E-state index is 0.274. The van der Waals surface area contributed by atoms with Gasteiger partial charge in [-0.1, -0.05) is 36.0 Å². The average Bonchev–Trinajstić information content (AvgIpc) is 3.12. The van der Waals surface area contributed by atoms with Crippen molar-refractivity contribution in [1.29, 1.82) is 0 Å². The zero-order chi connectivity index (χ0) is 17.8. The third kappa shape index (κ3) is 3.50. The van der Waals surface area contributed by atoms with Gasteiger partial charge in [-0.3, -0.25) is 9.55 Å². The van der Waals surface area contributed by atoms with Crippen LogP contribution in [0.3, 0.4) is 0 Å². The molecule has 0 saturated carbocycles. The molecule has 2 aromatic carbocycles. The lowest BCUT2D eigenvalue weighted by Crippen LogP contribution is -2.00. The molecule has 0 aliphatic carbocycles. The van der Waals surface area contributed by atoms with Crippen molar-refractivity contribution in [3.8, 4) is 17.1 Å². The molecule has 6 heteroatoms. The Hall–Kier alpha value is -2.99. The van der Waals surface area contributed by atoms with Crippen LogP contribution in [0.25, 0.3) is 17.1 Å². The maximum absolute atomic E-state index is 13.3. The van der Waals surface area contributed by atoms with E-state index in [2.05, 4.69) is 15.2 Å². The molecule has 0 bridgehead atoms. The molecule has 2 heterocycles.